The first-order valence-electron chi connectivity index (χ1n) is 8.44. The minimum absolute atomic E-state index is 0.195. The van der Waals surface area contributed by atoms with Crippen molar-refractivity contribution in [1.82, 2.24) is 25.2 Å². The molecule has 0 bridgehead atoms. The maximum absolute atomic E-state index is 5.51. The Kier molecular flexibility index (Phi) is 5.43. The van der Waals surface area contributed by atoms with Gasteiger partial charge < -0.3 is 4.74 Å². The van der Waals surface area contributed by atoms with Crippen LogP contribution in [0.5, 0.6) is 5.75 Å². The zero-order chi connectivity index (χ0) is 17.8. The number of hydrogen-bond donors (Lipinski definition) is 0. The Bertz CT molecular complexity index is 840. The first-order chi connectivity index (χ1) is 12.1. The van der Waals surface area contributed by atoms with Crippen LogP contribution in [0, 0.1) is 6.92 Å². The first-order valence-corrected chi connectivity index (χ1v) is 9.32. The molecule has 0 saturated carbocycles. The van der Waals surface area contributed by atoms with Crippen LogP contribution in [0.3, 0.4) is 0 Å². The fourth-order valence-corrected chi connectivity index (χ4v) is 3.30. The molecule has 3 rings (SSSR count). The van der Waals surface area contributed by atoms with E-state index < -0.39 is 0 Å². The molecule has 0 amide bonds. The summed E-state index contributed by atoms with van der Waals surface area (Å²) in [6, 6.07) is 6.26. The molecule has 7 heteroatoms. The van der Waals surface area contributed by atoms with Crippen molar-refractivity contribution >= 4 is 11.3 Å². The number of nitrogens with zero attached hydrogens (tertiary/aromatic N) is 5. The summed E-state index contributed by atoms with van der Waals surface area (Å²) in [5.41, 5.74) is 3.29. The highest BCUT2D eigenvalue weighted by atomic mass is 32.1. The van der Waals surface area contributed by atoms with Crippen LogP contribution in [0.15, 0.2) is 23.6 Å². The summed E-state index contributed by atoms with van der Waals surface area (Å²) in [6.07, 6.45) is 2.92. The molecule has 132 valence electrons. The zero-order valence-electron chi connectivity index (χ0n) is 15.1. The van der Waals surface area contributed by atoms with Gasteiger partial charge in [0.1, 0.15) is 5.75 Å². The molecule has 6 nitrogen and oxygen atoms in total. The summed E-state index contributed by atoms with van der Waals surface area (Å²) in [7, 11) is 1.70. The second-order valence-corrected chi connectivity index (χ2v) is 7.33. The van der Waals surface area contributed by atoms with Gasteiger partial charge in [-0.3, -0.25) is 0 Å². The van der Waals surface area contributed by atoms with E-state index >= 15 is 0 Å². The highest BCUT2D eigenvalue weighted by Gasteiger charge is 2.11. The summed E-state index contributed by atoms with van der Waals surface area (Å²) >= 11 is 1.70. The molecule has 0 fully saturated rings. The highest BCUT2D eigenvalue weighted by molar-refractivity contribution is 7.09. The van der Waals surface area contributed by atoms with Gasteiger partial charge in [-0.15, -0.1) is 21.5 Å². The standard InChI is InChI=1S/C18H23N5OS/c1-12(2)23-21-18(20-22-23)15-8-9-17(24-4)14(10-15)6-5-7-16-11-25-13(3)19-16/h8-12H,5-7H2,1-4H3. The third kappa shape index (κ3) is 4.22. The molecule has 0 aliphatic rings. The van der Waals surface area contributed by atoms with E-state index in [4.69, 9.17) is 4.74 Å². The number of tetrazole rings is 1. The van der Waals surface area contributed by atoms with E-state index in [0.29, 0.717) is 5.82 Å². The van der Waals surface area contributed by atoms with Crippen molar-refractivity contribution in [2.24, 2.45) is 0 Å². The zero-order valence-corrected chi connectivity index (χ0v) is 15.9. The quantitative estimate of drug-likeness (QED) is 0.642. The van der Waals surface area contributed by atoms with E-state index in [9.17, 15) is 0 Å². The van der Waals surface area contributed by atoms with Crippen LogP contribution in [0.25, 0.3) is 11.4 Å². The number of aromatic nitrogens is 5. The second-order valence-electron chi connectivity index (χ2n) is 6.27. The summed E-state index contributed by atoms with van der Waals surface area (Å²) in [5.74, 6) is 1.54. The third-order valence-electron chi connectivity index (χ3n) is 3.97. The average Bonchev–Trinajstić information content (AvgIpc) is 3.24. The topological polar surface area (TPSA) is 65.7 Å². The van der Waals surface area contributed by atoms with Gasteiger partial charge in [0.05, 0.1) is 23.9 Å². The van der Waals surface area contributed by atoms with Gasteiger partial charge in [-0.1, -0.05) is 0 Å². The lowest BCUT2D eigenvalue weighted by atomic mass is 10.0. The number of thiazole rings is 1. The fourth-order valence-electron chi connectivity index (χ4n) is 2.66. The van der Waals surface area contributed by atoms with E-state index in [0.717, 1.165) is 41.1 Å². The number of aryl methyl sites for hydroxylation is 3. The SMILES string of the molecule is COc1ccc(-c2nnn(C(C)C)n2)cc1CCCc1csc(C)n1. The van der Waals surface area contributed by atoms with E-state index in [1.807, 2.05) is 32.9 Å². The molecule has 0 spiro atoms. The third-order valence-corrected chi connectivity index (χ3v) is 4.80. The van der Waals surface area contributed by atoms with Crippen LogP contribution in [0.2, 0.25) is 0 Å². The van der Waals surface area contributed by atoms with Crippen molar-refractivity contribution < 1.29 is 4.74 Å². The molecule has 0 aliphatic carbocycles. The largest absolute Gasteiger partial charge is 0.496 e. The Morgan fingerprint density at radius 3 is 2.72 bits per heavy atom. The first kappa shape index (κ1) is 17.5. The molecule has 0 radical (unpaired) electrons. The van der Waals surface area contributed by atoms with Crippen molar-refractivity contribution in [2.75, 3.05) is 7.11 Å². The maximum Gasteiger partial charge on any atom is 0.204 e. The van der Waals surface area contributed by atoms with Gasteiger partial charge >= 0.3 is 0 Å². The second kappa shape index (κ2) is 7.74. The van der Waals surface area contributed by atoms with Gasteiger partial charge in [0.2, 0.25) is 5.82 Å². The van der Waals surface area contributed by atoms with Crippen molar-refractivity contribution in [2.45, 2.75) is 46.1 Å². The lowest BCUT2D eigenvalue weighted by Gasteiger charge is -2.09. The van der Waals surface area contributed by atoms with Crippen LogP contribution in [0.4, 0.5) is 0 Å². The minimum atomic E-state index is 0.195. The Labute approximate surface area is 151 Å². The molecule has 0 atom stereocenters. The van der Waals surface area contributed by atoms with Gasteiger partial charge in [-0.05, 0) is 69.0 Å². The molecule has 0 aliphatic heterocycles. The Morgan fingerprint density at radius 2 is 2.08 bits per heavy atom. The van der Waals surface area contributed by atoms with Gasteiger partial charge in [0.25, 0.3) is 0 Å². The number of methoxy groups -OCH3 is 1. The Hall–Kier alpha value is -2.28. The monoisotopic (exact) mass is 357 g/mol. The summed E-state index contributed by atoms with van der Waals surface area (Å²) in [4.78, 5) is 6.15. The van der Waals surface area contributed by atoms with Crippen LogP contribution in [-0.2, 0) is 12.8 Å². The summed E-state index contributed by atoms with van der Waals surface area (Å²) < 4.78 is 5.51. The minimum Gasteiger partial charge on any atom is -0.496 e. The Balaban J connectivity index is 1.74. The predicted molar refractivity (Wildman–Crippen MR) is 99.1 cm³/mol. The lowest BCUT2D eigenvalue weighted by Crippen LogP contribution is -2.04. The predicted octanol–water partition coefficient (Wildman–Crippen LogP) is 3.87. The summed E-state index contributed by atoms with van der Waals surface area (Å²) in [5, 5.41) is 16.0. The van der Waals surface area contributed by atoms with Crippen LogP contribution in [0.1, 0.15) is 42.6 Å². The number of hydrogen-bond acceptors (Lipinski definition) is 6. The fraction of sp³-hybridized carbons (Fsp3) is 0.444. The van der Waals surface area contributed by atoms with Crippen molar-refractivity contribution in [3.05, 3.63) is 39.8 Å². The average molecular weight is 357 g/mol. The summed E-state index contributed by atoms with van der Waals surface area (Å²) in [6.45, 7) is 6.11. The van der Waals surface area contributed by atoms with E-state index in [-0.39, 0.29) is 6.04 Å². The van der Waals surface area contributed by atoms with Crippen molar-refractivity contribution in [3.8, 4) is 17.1 Å². The highest BCUT2D eigenvalue weighted by Crippen LogP contribution is 2.26. The smallest absolute Gasteiger partial charge is 0.204 e. The van der Waals surface area contributed by atoms with Gasteiger partial charge in [-0.2, -0.15) is 4.80 Å². The molecule has 0 unspecified atom stereocenters. The van der Waals surface area contributed by atoms with Crippen molar-refractivity contribution in [3.63, 3.8) is 0 Å². The lowest BCUT2D eigenvalue weighted by molar-refractivity contribution is 0.409. The van der Waals surface area contributed by atoms with Gasteiger partial charge in [-0.25, -0.2) is 4.98 Å². The molecule has 2 aromatic heterocycles. The van der Waals surface area contributed by atoms with E-state index in [2.05, 4.69) is 31.8 Å². The molecular formula is C18H23N5OS. The molecule has 0 N–H and O–H groups in total. The van der Waals surface area contributed by atoms with E-state index in [1.165, 1.54) is 5.69 Å². The molecule has 2 heterocycles. The molecule has 25 heavy (non-hydrogen) atoms. The molecule has 3 aromatic rings. The molecule has 0 saturated heterocycles. The Morgan fingerprint density at radius 1 is 1.24 bits per heavy atom. The van der Waals surface area contributed by atoms with Crippen molar-refractivity contribution in [1.29, 1.82) is 0 Å². The number of ether oxygens (including phenoxy) is 1. The number of benzene rings is 1. The van der Waals surface area contributed by atoms with Crippen LogP contribution in [-0.4, -0.2) is 32.3 Å². The molecule has 1 aromatic carbocycles. The maximum atomic E-state index is 5.51. The van der Waals surface area contributed by atoms with Gasteiger partial charge in [0, 0.05) is 10.9 Å². The van der Waals surface area contributed by atoms with Gasteiger partial charge in [0.15, 0.2) is 0 Å². The van der Waals surface area contributed by atoms with Crippen LogP contribution >= 0.6 is 11.3 Å². The normalized spacial score (nSPS) is 11.2. The molecular weight excluding hydrogens is 334 g/mol. The van der Waals surface area contributed by atoms with E-state index in [1.54, 1.807) is 23.2 Å². The van der Waals surface area contributed by atoms with Crippen LogP contribution < -0.4 is 4.74 Å². The number of rotatable bonds is 7.